The number of nitrogens with zero attached hydrogens (tertiary/aromatic N) is 2. The van der Waals surface area contributed by atoms with Crippen LogP contribution < -0.4 is 5.32 Å². The molecule has 0 saturated heterocycles. The molecule has 4 heteroatoms. The first-order chi connectivity index (χ1) is 34.2. The third-order valence-electron chi connectivity index (χ3n) is 14.5. The van der Waals surface area contributed by atoms with Gasteiger partial charge in [0.25, 0.3) is 0 Å². The predicted octanol–water partition coefficient (Wildman–Crippen LogP) is 17.2. The summed E-state index contributed by atoms with van der Waals surface area (Å²) in [5.74, 6) is 0. The summed E-state index contributed by atoms with van der Waals surface area (Å²) in [6.07, 6.45) is 4.72. The van der Waals surface area contributed by atoms with E-state index >= 15 is 0 Å². The molecular formula is C65H45N3S. The van der Waals surface area contributed by atoms with Gasteiger partial charge in [-0.15, -0.1) is 11.3 Å². The molecule has 3 nitrogen and oxygen atoms in total. The molecule has 0 saturated carbocycles. The predicted molar refractivity (Wildman–Crippen MR) is 294 cm³/mol. The van der Waals surface area contributed by atoms with Crippen LogP contribution in [0, 0.1) is 0 Å². The van der Waals surface area contributed by atoms with Gasteiger partial charge in [-0.05, 0) is 123 Å². The van der Waals surface area contributed by atoms with Gasteiger partial charge in [-0.2, -0.15) is 0 Å². The number of hydrogen-bond donors (Lipinski definition) is 1. The Morgan fingerprint density at radius 3 is 1.65 bits per heavy atom. The second-order valence-corrected chi connectivity index (χ2v) is 19.6. The van der Waals surface area contributed by atoms with Crippen molar-refractivity contribution in [2.24, 2.45) is 0 Å². The average Bonchev–Trinajstić information content (AvgIpc) is 4.20. The maximum absolute atomic E-state index is 4.00. The molecule has 1 aliphatic rings. The van der Waals surface area contributed by atoms with Gasteiger partial charge >= 0.3 is 0 Å². The van der Waals surface area contributed by atoms with E-state index in [4.69, 9.17) is 0 Å². The Hall–Kier alpha value is -8.28. The Morgan fingerprint density at radius 1 is 0.348 bits per heavy atom. The molecule has 0 amide bonds. The molecule has 13 aromatic rings. The van der Waals surface area contributed by atoms with Crippen molar-refractivity contribution in [3.8, 4) is 50.2 Å². The Morgan fingerprint density at radius 2 is 0.884 bits per heavy atom. The van der Waals surface area contributed by atoms with Crippen LogP contribution in [0.4, 0.5) is 0 Å². The fraction of sp³-hybridized carbons (Fsp3) is 0.0462. The van der Waals surface area contributed by atoms with E-state index in [1.807, 2.05) is 11.3 Å². The van der Waals surface area contributed by atoms with Gasteiger partial charge in [0.2, 0.25) is 0 Å². The zero-order valence-corrected chi connectivity index (χ0v) is 38.6. The van der Waals surface area contributed by atoms with Gasteiger partial charge in [0.15, 0.2) is 0 Å². The maximum atomic E-state index is 4.00. The standard InChI is InChI=1S/C65H45N3S/c1-3-12-42(13-4-1)43-22-24-44(25-23-43)45-14-11-15-50(36-45)59-32-30-51(66-59)41-67-60-33-27-46(48-29-35-65-58(39-48)55-19-8-10-21-64(55)69-65)37-56(60)57-38-47(28-34-61(57)67)49-26-31-54-53-18-7-9-20-62(53)68(63(54)40-49)52-16-5-2-6-17-52/h1-40,51,59,66H,41H2. The third kappa shape index (κ3) is 6.83. The molecule has 69 heavy (non-hydrogen) atoms. The van der Waals surface area contributed by atoms with Crippen LogP contribution in [0.15, 0.2) is 243 Å². The molecule has 10 aromatic carbocycles. The van der Waals surface area contributed by atoms with Gasteiger partial charge < -0.3 is 9.13 Å². The van der Waals surface area contributed by atoms with E-state index in [2.05, 4.69) is 257 Å². The summed E-state index contributed by atoms with van der Waals surface area (Å²) in [7, 11) is 0. The van der Waals surface area contributed by atoms with E-state index in [0.29, 0.717) is 0 Å². The lowest BCUT2D eigenvalue weighted by Crippen LogP contribution is -2.29. The summed E-state index contributed by atoms with van der Waals surface area (Å²) < 4.78 is 7.61. The fourth-order valence-corrected chi connectivity index (χ4v) is 12.2. The molecule has 4 heterocycles. The van der Waals surface area contributed by atoms with Crippen LogP contribution in [0.25, 0.3) is 114 Å². The summed E-state index contributed by atoms with van der Waals surface area (Å²) in [5.41, 5.74) is 17.1. The number of thiophene rings is 1. The molecule has 0 bridgehead atoms. The molecule has 3 aromatic heterocycles. The molecule has 1 aliphatic heterocycles. The van der Waals surface area contributed by atoms with Gasteiger partial charge in [0.05, 0.1) is 17.1 Å². The molecular weight excluding hydrogens is 855 g/mol. The van der Waals surface area contributed by atoms with Crippen LogP contribution >= 0.6 is 11.3 Å². The van der Waals surface area contributed by atoms with Gasteiger partial charge in [-0.1, -0.05) is 170 Å². The minimum absolute atomic E-state index is 0.120. The van der Waals surface area contributed by atoms with Crippen LogP contribution in [0.5, 0.6) is 0 Å². The minimum Gasteiger partial charge on any atom is -0.339 e. The minimum atomic E-state index is 0.120. The quantitative estimate of drug-likeness (QED) is 0.151. The second-order valence-electron chi connectivity index (χ2n) is 18.5. The Bertz CT molecular complexity index is 4140. The van der Waals surface area contributed by atoms with Gasteiger partial charge in [0.1, 0.15) is 0 Å². The zero-order valence-electron chi connectivity index (χ0n) is 37.8. The Kier molecular flexibility index (Phi) is 9.36. The number of nitrogens with one attached hydrogen (secondary N) is 1. The smallest absolute Gasteiger partial charge is 0.0547 e. The van der Waals surface area contributed by atoms with Crippen molar-refractivity contribution in [3.63, 3.8) is 0 Å². The van der Waals surface area contributed by atoms with Crippen LogP contribution in [0.1, 0.15) is 11.6 Å². The number of fused-ring (bicyclic) bond motifs is 9. The Balaban J connectivity index is 0.842. The second kappa shape index (κ2) is 16.2. The zero-order chi connectivity index (χ0) is 45.4. The highest BCUT2D eigenvalue weighted by Gasteiger charge is 2.23. The molecule has 14 rings (SSSR count). The van der Waals surface area contributed by atoms with Crippen molar-refractivity contribution in [1.82, 2.24) is 14.5 Å². The molecule has 0 radical (unpaired) electrons. The lowest BCUT2D eigenvalue weighted by molar-refractivity contribution is 0.527. The fourth-order valence-electron chi connectivity index (χ4n) is 11.1. The highest BCUT2D eigenvalue weighted by atomic mass is 32.1. The molecule has 1 N–H and O–H groups in total. The summed E-state index contributed by atoms with van der Waals surface area (Å²) in [6, 6.07) is 85.3. The molecule has 2 unspecified atom stereocenters. The summed E-state index contributed by atoms with van der Waals surface area (Å²) in [6.45, 7) is 0.808. The monoisotopic (exact) mass is 899 g/mol. The first-order valence-corrected chi connectivity index (χ1v) is 24.8. The summed E-state index contributed by atoms with van der Waals surface area (Å²) in [5, 5.41) is 11.7. The van der Waals surface area contributed by atoms with Crippen LogP contribution in [-0.2, 0) is 6.54 Å². The van der Waals surface area contributed by atoms with E-state index in [0.717, 1.165) is 6.54 Å². The van der Waals surface area contributed by atoms with Crippen molar-refractivity contribution in [1.29, 1.82) is 0 Å². The molecule has 2 atom stereocenters. The highest BCUT2D eigenvalue weighted by Crippen LogP contribution is 2.41. The topological polar surface area (TPSA) is 21.9 Å². The van der Waals surface area contributed by atoms with Crippen molar-refractivity contribution in [3.05, 3.63) is 248 Å². The number of aromatic nitrogens is 2. The third-order valence-corrected chi connectivity index (χ3v) is 15.6. The average molecular weight is 900 g/mol. The van der Waals surface area contributed by atoms with Crippen molar-refractivity contribution < 1.29 is 0 Å². The number of para-hydroxylation sites is 2. The lowest BCUT2D eigenvalue weighted by Gasteiger charge is -2.18. The summed E-state index contributed by atoms with van der Waals surface area (Å²) in [4.78, 5) is 0. The Labute approximate surface area is 404 Å². The first-order valence-electron chi connectivity index (χ1n) is 23.9. The number of hydrogen-bond acceptors (Lipinski definition) is 2. The largest absolute Gasteiger partial charge is 0.339 e. The van der Waals surface area contributed by atoms with Gasteiger partial charge in [-0.25, -0.2) is 0 Å². The molecule has 0 fully saturated rings. The van der Waals surface area contributed by atoms with E-state index < -0.39 is 0 Å². The van der Waals surface area contributed by atoms with Gasteiger partial charge in [-0.3, -0.25) is 5.32 Å². The number of benzene rings is 10. The molecule has 0 spiro atoms. The van der Waals surface area contributed by atoms with E-state index in [1.54, 1.807) is 0 Å². The SMILES string of the molecule is C1=CC(c2cccc(-c3ccc(-c4ccccc4)cc3)c2)NC1Cn1c2ccc(-c3ccc4sc5ccccc5c4c3)cc2c2cc(-c3ccc4c5ccccc5n(-c5ccccc5)c4c3)ccc21. The normalized spacial score (nSPS) is 14.9. The van der Waals surface area contributed by atoms with Gasteiger partial charge in [0, 0.05) is 71.0 Å². The maximum Gasteiger partial charge on any atom is 0.0547 e. The van der Waals surface area contributed by atoms with E-state index in [9.17, 15) is 0 Å². The first kappa shape index (κ1) is 39.8. The summed E-state index contributed by atoms with van der Waals surface area (Å²) >= 11 is 1.87. The van der Waals surface area contributed by atoms with Crippen LogP contribution in [0.2, 0.25) is 0 Å². The molecule has 0 aliphatic carbocycles. The van der Waals surface area contributed by atoms with Crippen molar-refractivity contribution in [2.75, 3.05) is 0 Å². The highest BCUT2D eigenvalue weighted by molar-refractivity contribution is 7.25. The van der Waals surface area contributed by atoms with Crippen LogP contribution in [-0.4, -0.2) is 15.2 Å². The van der Waals surface area contributed by atoms with Crippen LogP contribution in [0.3, 0.4) is 0 Å². The van der Waals surface area contributed by atoms with Crippen molar-refractivity contribution in [2.45, 2.75) is 18.6 Å². The number of rotatable bonds is 8. The molecule has 326 valence electrons. The van der Waals surface area contributed by atoms with Crippen molar-refractivity contribution >= 4 is 75.1 Å². The van der Waals surface area contributed by atoms with E-state index in [-0.39, 0.29) is 12.1 Å². The van der Waals surface area contributed by atoms with E-state index in [1.165, 1.54) is 120 Å². The lowest BCUT2D eigenvalue weighted by atomic mass is 9.97.